The lowest BCUT2D eigenvalue weighted by atomic mass is 10.1. The SMILES string of the molecule is O=C(C=Cc1ccccc1F)NCc1cccc(N2CCSCC2)c1. The summed E-state index contributed by atoms with van der Waals surface area (Å²) in [5.74, 6) is 1.74. The van der Waals surface area contributed by atoms with Crippen molar-refractivity contribution in [3.63, 3.8) is 0 Å². The van der Waals surface area contributed by atoms with Gasteiger partial charge in [-0.1, -0.05) is 30.3 Å². The molecule has 0 atom stereocenters. The second-order valence-electron chi connectivity index (χ2n) is 5.84. The summed E-state index contributed by atoms with van der Waals surface area (Å²) in [4.78, 5) is 14.3. The second-order valence-corrected chi connectivity index (χ2v) is 7.07. The number of anilines is 1. The Labute approximate surface area is 151 Å². The highest BCUT2D eigenvalue weighted by atomic mass is 32.2. The van der Waals surface area contributed by atoms with Gasteiger partial charge in [-0.3, -0.25) is 4.79 Å². The third-order valence-corrected chi connectivity index (χ3v) is 5.02. The van der Waals surface area contributed by atoms with Crippen LogP contribution in [0.25, 0.3) is 6.08 Å². The van der Waals surface area contributed by atoms with Crippen molar-refractivity contribution in [1.29, 1.82) is 0 Å². The van der Waals surface area contributed by atoms with E-state index in [1.165, 1.54) is 23.9 Å². The van der Waals surface area contributed by atoms with E-state index in [1.807, 2.05) is 23.9 Å². The van der Waals surface area contributed by atoms with Crippen LogP contribution in [-0.2, 0) is 11.3 Å². The molecule has 0 aromatic heterocycles. The highest BCUT2D eigenvalue weighted by Gasteiger charge is 2.11. The number of nitrogens with one attached hydrogen (secondary N) is 1. The smallest absolute Gasteiger partial charge is 0.244 e. The molecule has 0 aliphatic carbocycles. The summed E-state index contributed by atoms with van der Waals surface area (Å²) in [6.45, 7) is 2.58. The number of hydrogen-bond donors (Lipinski definition) is 1. The zero-order chi connectivity index (χ0) is 17.5. The van der Waals surface area contributed by atoms with Gasteiger partial charge >= 0.3 is 0 Å². The first-order valence-electron chi connectivity index (χ1n) is 8.34. The molecule has 0 unspecified atom stereocenters. The maximum atomic E-state index is 13.5. The van der Waals surface area contributed by atoms with E-state index in [2.05, 4.69) is 22.3 Å². The Kier molecular flexibility index (Phi) is 6.12. The van der Waals surface area contributed by atoms with Gasteiger partial charge < -0.3 is 10.2 Å². The first-order chi connectivity index (χ1) is 12.2. The van der Waals surface area contributed by atoms with E-state index in [-0.39, 0.29) is 11.7 Å². The van der Waals surface area contributed by atoms with Crippen LogP contribution in [0.1, 0.15) is 11.1 Å². The number of nitrogens with zero attached hydrogens (tertiary/aromatic N) is 1. The molecule has 2 aromatic rings. The molecule has 1 fully saturated rings. The molecule has 130 valence electrons. The number of hydrogen-bond acceptors (Lipinski definition) is 3. The molecule has 1 amide bonds. The maximum absolute atomic E-state index is 13.5. The standard InChI is InChI=1S/C20H21FN2OS/c21-19-7-2-1-5-17(19)8-9-20(24)22-15-16-4-3-6-18(14-16)23-10-12-25-13-11-23/h1-9,14H,10-13,15H2,(H,22,24). The summed E-state index contributed by atoms with van der Waals surface area (Å²) >= 11 is 1.98. The van der Waals surface area contributed by atoms with Gasteiger partial charge in [0.2, 0.25) is 5.91 Å². The van der Waals surface area contributed by atoms with Gasteiger partial charge in [-0.2, -0.15) is 11.8 Å². The number of benzene rings is 2. The Hall–Kier alpha value is -2.27. The highest BCUT2D eigenvalue weighted by Crippen LogP contribution is 2.20. The van der Waals surface area contributed by atoms with Crippen molar-refractivity contribution >= 4 is 29.4 Å². The molecule has 2 aromatic carbocycles. The maximum Gasteiger partial charge on any atom is 0.244 e. The zero-order valence-electron chi connectivity index (χ0n) is 14.0. The molecule has 3 rings (SSSR count). The average Bonchev–Trinajstić information content (AvgIpc) is 2.67. The van der Waals surface area contributed by atoms with Gasteiger partial charge in [-0.15, -0.1) is 0 Å². The molecule has 0 spiro atoms. The van der Waals surface area contributed by atoms with Crippen molar-refractivity contribution in [2.45, 2.75) is 6.54 Å². The Bertz CT molecular complexity index is 757. The number of thioether (sulfide) groups is 1. The minimum atomic E-state index is -0.334. The van der Waals surface area contributed by atoms with Crippen LogP contribution in [0.15, 0.2) is 54.6 Å². The summed E-state index contributed by atoms with van der Waals surface area (Å²) in [7, 11) is 0. The molecule has 5 heteroatoms. The van der Waals surface area contributed by atoms with E-state index >= 15 is 0 Å². The molecule has 1 aliphatic heterocycles. The van der Waals surface area contributed by atoms with Crippen molar-refractivity contribution in [2.24, 2.45) is 0 Å². The zero-order valence-corrected chi connectivity index (χ0v) is 14.8. The molecular formula is C20H21FN2OS. The van der Waals surface area contributed by atoms with Gasteiger partial charge in [0.05, 0.1) is 0 Å². The lowest BCUT2D eigenvalue weighted by Gasteiger charge is -2.28. The number of halogens is 1. The molecule has 1 aliphatic rings. The second kappa shape index (κ2) is 8.72. The number of carbonyl (C=O) groups excluding carboxylic acids is 1. The third-order valence-electron chi connectivity index (χ3n) is 4.07. The lowest BCUT2D eigenvalue weighted by Crippen LogP contribution is -2.32. The summed E-state index contributed by atoms with van der Waals surface area (Å²) in [5.41, 5.74) is 2.67. The first kappa shape index (κ1) is 17.5. The number of rotatable bonds is 5. The van der Waals surface area contributed by atoms with Crippen LogP contribution < -0.4 is 10.2 Å². The van der Waals surface area contributed by atoms with E-state index in [9.17, 15) is 9.18 Å². The minimum absolute atomic E-state index is 0.233. The van der Waals surface area contributed by atoms with E-state index in [1.54, 1.807) is 18.2 Å². The van der Waals surface area contributed by atoms with Crippen LogP contribution in [0, 0.1) is 5.82 Å². The Morgan fingerprint density at radius 2 is 1.96 bits per heavy atom. The normalized spacial score (nSPS) is 14.7. The van der Waals surface area contributed by atoms with Crippen molar-refractivity contribution in [2.75, 3.05) is 29.5 Å². The van der Waals surface area contributed by atoms with Crippen LogP contribution in [0.5, 0.6) is 0 Å². The van der Waals surface area contributed by atoms with Crippen molar-refractivity contribution < 1.29 is 9.18 Å². The molecule has 1 N–H and O–H groups in total. The Balaban J connectivity index is 1.56. The predicted octanol–water partition coefficient (Wildman–Crippen LogP) is 3.71. The fourth-order valence-corrected chi connectivity index (χ4v) is 3.61. The Morgan fingerprint density at radius 3 is 2.76 bits per heavy atom. The Morgan fingerprint density at radius 1 is 1.16 bits per heavy atom. The monoisotopic (exact) mass is 356 g/mol. The van der Waals surface area contributed by atoms with Gasteiger partial charge in [0.25, 0.3) is 0 Å². The van der Waals surface area contributed by atoms with E-state index < -0.39 is 0 Å². The fourth-order valence-electron chi connectivity index (χ4n) is 2.71. The van der Waals surface area contributed by atoms with Gasteiger partial charge in [-0.05, 0) is 29.8 Å². The van der Waals surface area contributed by atoms with E-state index in [0.717, 1.165) is 30.2 Å². The molecule has 1 saturated heterocycles. The average molecular weight is 356 g/mol. The van der Waals surface area contributed by atoms with Gasteiger partial charge in [-0.25, -0.2) is 4.39 Å². The van der Waals surface area contributed by atoms with Crippen LogP contribution in [0.4, 0.5) is 10.1 Å². The van der Waals surface area contributed by atoms with Crippen molar-refractivity contribution in [1.82, 2.24) is 5.32 Å². The minimum Gasteiger partial charge on any atom is -0.370 e. The molecule has 0 bridgehead atoms. The molecule has 25 heavy (non-hydrogen) atoms. The summed E-state index contributed by atoms with van der Waals surface area (Å²) in [6.07, 6.45) is 2.86. The molecule has 1 heterocycles. The van der Waals surface area contributed by atoms with Crippen molar-refractivity contribution in [3.05, 3.63) is 71.6 Å². The van der Waals surface area contributed by atoms with Gasteiger partial charge in [0.15, 0.2) is 0 Å². The number of carbonyl (C=O) groups is 1. The van der Waals surface area contributed by atoms with Crippen LogP contribution >= 0.6 is 11.8 Å². The summed E-state index contributed by atoms with van der Waals surface area (Å²) in [6, 6.07) is 14.6. The van der Waals surface area contributed by atoms with Gasteiger partial charge in [0, 0.05) is 48.5 Å². The molecule has 0 saturated carbocycles. The lowest BCUT2D eigenvalue weighted by molar-refractivity contribution is -0.116. The highest BCUT2D eigenvalue weighted by molar-refractivity contribution is 7.99. The third kappa shape index (κ3) is 5.10. The predicted molar refractivity (Wildman–Crippen MR) is 103 cm³/mol. The van der Waals surface area contributed by atoms with E-state index in [4.69, 9.17) is 0 Å². The van der Waals surface area contributed by atoms with Crippen LogP contribution in [0.3, 0.4) is 0 Å². The summed E-state index contributed by atoms with van der Waals surface area (Å²) < 4.78 is 13.5. The largest absolute Gasteiger partial charge is 0.370 e. The quantitative estimate of drug-likeness (QED) is 0.829. The van der Waals surface area contributed by atoms with E-state index in [0.29, 0.717) is 12.1 Å². The first-order valence-corrected chi connectivity index (χ1v) is 9.50. The van der Waals surface area contributed by atoms with Crippen molar-refractivity contribution in [3.8, 4) is 0 Å². The fraction of sp³-hybridized carbons (Fsp3) is 0.250. The molecule has 3 nitrogen and oxygen atoms in total. The number of amides is 1. The van der Waals surface area contributed by atoms with Gasteiger partial charge in [0.1, 0.15) is 5.82 Å². The molecular weight excluding hydrogens is 335 g/mol. The summed E-state index contributed by atoms with van der Waals surface area (Å²) in [5, 5.41) is 2.85. The van der Waals surface area contributed by atoms with Crippen LogP contribution in [-0.4, -0.2) is 30.5 Å². The topological polar surface area (TPSA) is 32.3 Å². The van der Waals surface area contributed by atoms with Crippen LogP contribution in [0.2, 0.25) is 0 Å². The molecule has 0 radical (unpaired) electrons.